The molecule has 2 aliphatic heterocycles. The standard InChI is InChI=1S/C20H28FN3O2/c21-17-2-1-10-22-18(17)23-11-7-20(8-12-23)9-13-24(19(20)26)14-15-3-5-16(25)6-4-15/h1-2,10,15-16,25H,3-9,11-14H2. The fourth-order valence-corrected chi connectivity index (χ4v) is 4.93. The van der Waals surface area contributed by atoms with Crippen LogP contribution in [0.5, 0.6) is 0 Å². The van der Waals surface area contributed by atoms with Gasteiger partial charge < -0.3 is 14.9 Å². The monoisotopic (exact) mass is 361 g/mol. The summed E-state index contributed by atoms with van der Waals surface area (Å²) >= 11 is 0. The van der Waals surface area contributed by atoms with E-state index in [4.69, 9.17) is 0 Å². The van der Waals surface area contributed by atoms with Crippen molar-refractivity contribution in [1.29, 1.82) is 0 Å². The van der Waals surface area contributed by atoms with Crippen LogP contribution in [0.2, 0.25) is 0 Å². The van der Waals surface area contributed by atoms with E-state index in [1.165, 1.54) is 6.07 Å². The van der Waals surface area contributed by atoms with Gasteiger partial charge in [-0.05, 0) is 63.0 Å². The Balaban J connectivity index is 1.35. The van der Waals surface area contributed by atoms with Gasteiger partial charge in [0.25, 0.3) is 0 Å². The van der Waals surface area contributed by atoms with E-state index in [1.54, 1.807) is 12.3 Å². The third-order valence-corrected chi connectivity index (χ3v) is 6.66. The number of anilines is 1. The van der Waals surface area contributed by atoms with Crippen molar-refractivity contribution >= 4 is 11.7 Å². The number of halogens is 1. The zero-order chi connectivity index (χ0) is 18.1. The van der Waals surface area contributed by atoms with E-state index in [1.807, 2.05) is 4.90 Å². The van der Waals surface area contributed by atoms with E-state index in [0.717, 1.165) is 58.0 Å². The molecule has 1 spiro atoms. The molecule has 3 fully saturated rings. The fourth-order valence-electron chi connectivity index (χ4n) is 4.93. The van der Waals surface area contributed by atoms with Gasteiger partial charge in [-0.1, -0.05) is 0 Å². The summed E-state index contributed by atoms with van der Waals surface area (Å²) < 4.78 is 14.0. The molecule has 26 heavy (non-hydrogen) atoms. The summed E-state index contributed by atoms with van der Waals surface area (Å²) in [6.07, 6.45) is 7.71. The van der Waals surface area contributed by atoms with E-state index in [-0.39, 0.29) is 17.3 Å². The highest BCUT2D eigenvalue weighted by Crippen LogP contribution is 2.43. The molecule has 1 aromatic heterocycles. The minimum Gasteiger partial charge on any atom is -0.393 e. The van der Waals surface area contributed by atoms with E-state index >= 15 is 0 Å². The zero-order valence-electron chi connectivity index (χ0n) is 15.2. The average Bonchev–Trinajstić information content (AvgIpc) is 2.95. The van der Waals surface area contributed by atoms with Crippen molar-refractivity contribution in [2.45, 2.75) is 51.0 Å². The molecule has 142 valence electrons. The number of carbonyl (C=O) groups is 1. The van der Waals surface area contributed by atoms with Crippen LogP contribution in [0.3, 0.4) is 0 Å². The van der Waals surface area contributed by atoms with Crippen molar-refractivity contribution < 1.29 is 14.3 Å². The number of likely N-dealkylation sites (tertiary alicyclic amines) is 1. The van der Waals surface area contributed by atoms with E-state index in [9.17, 15) is 14.3 Å². The smallest absolute Gasteiger partial charge is 0.229 e. The van der Waals surface area contributed by atoms with Crippen LogP contribution in [0.25, 0.3) is 0 Å². The number of nitrogens with zero attached hydrogens (tertiary/aromatic N) is 3. The molecular weight excluding hydrogens is 333 g/mol. The SMILES string of the molecule is O=C1N(CC2CCC(O)CC2)CCC12CCN(c1ncccc1F)CC2. The highest BCUT2D eigenvalue weighted by molar-refractivity contribution is 5.85. The van der Waals surface area contributed by atoms with Gasteiger partial charge in [-0.25, -0.2) is 9.37 Å². The molecule has 0 unspecified atom stereocenters. The summed E-state index contributed by atoms with van der Waals surface area (Å²) in [6.45, 7) is 3.05. The number of aliphatic hydroxyl groups excluding tert-OH is 1. The topological polar surface area (TPSA) is 56.7 Å². The number of rotatable bonds is 3. The Hall–Kier alpha value is -1.69. The molecule has 0 bridgehead atoms. The molecule has 6 heteroatoms. The highest BCUT2D eigenvalue weighted by Gasteiger charge is 2.48. The summed E-state index contributed by atoms with van der Waals surface area (Å²) in [6, 6.07) is 3.04. The molecule has 4 rings (SSSR count). The second-order valence-electron chi connectivity index (χ2n) is 8.25. The Morgan fingerprint density at radius 1 is 1.15 bits per heavy atom. The second kappa shape index (κ2) is 7.14. The Morgan fingerprint density at radius 3 is 2.54 bits per heavy atom. The molecule has 1 N–H and O–H groups in total. The lowest BCUT2D eigenvalue weighted by Crippen LogP contribution is -2.46. The number of hydrogen-bond donors (Lipinski definition) is 1. The quantitative estimate of drug-likeness (QED) is 0.899. The zero-order valence-corrected chi connectivity index (χ0v) is 15.2. The molecule has 1 aromatic rings. The molecule has 1 saturated carbocycles. The van der Waals surface area contributed by atoms with Gasteiger partial charge in [0.15, 0.2) is 11.6 Å². The van der Waals surface area contributed by atoms with Crippen molar-refractivity contribution in [1.82, 2.24) is 9.88 Å². The van der Waals surface area contributed by atoms with Gasteiger partial charge in [0.2, 0.25) is 5.91 Å². The second-order valence-corrected chi connectivity index (χ2v) is 8.25. The summed E-state index contributed by atoms with van der Waals surface area (Å²) in [4.78, 5) is 21.3. The lowest BCUT2D eigenvalue weighted by Gasteiger charge is -2.39. The van der Waals surface area contributed by atoms with E-state index < -0.39 is 0 Å². The number of aliphatic hydroxyl groups is 1. The molecule has 3 aliphatic rings. The van der Waals surface area contributed by atoms with Gasteiger partial charge in [-0.3, -0.25) is 4.79 Å². The first kappa shape index (κ1) is 17.7. The van der Waals surface area contributed by atoms with Gasteiger partial charge in [-0.15, -0.1) is 0 Å². The summed E-state index contributed by atoms with van der Waals surface area (Å²) in [5.74, 6) is 0.942. The van der Waals surface area contributed by atoms with Crippen LogP contribution >= 0.6 is 0 Å². The first-order valence-corrected chi connectivity index (χ1v) is 9.90. The first-order chi connectivity index (χ1) is 12.6. The molecule has 0 radical (unpaired) electrons. The lowest BCUT2D eigenvalue weighted by atomic mass is 9.77. The Morgan fingerprint density at radius 2 is 1.85 bits per heavy atom. The average molecular weight is 361 g/mol. The maximum atomic E-state index is 14.0. The van der Waals surface area contributed by atoms with Crippen LogP contribution in [0, 0.1) is 17.2 Å². The Labute approximate surface area is 154 Å². The van der Waals surface area contributed by atoms with Crippen molar-refractivity contribution in [3.63, 3.8) is 0 Å². The summed E-state index contributed by atoms with van der Waals surface area (Å²) in [5, 5.41) is 9.66. The van der Waals surface area contributed by atoms with Crippen molar-refractivity contribution in [2.75, 3.05) is 31.1 Å². The predicted octanol–water partition coefficient (Wildman–Crippen LogP) is 2.59. The molecule has 5 nitrogen and oxygen atoms in total. The molecular formula is C20H28FN3O2. The van der Waals surface area contributed by atoms with Gasteiger partial charge in [0, 0.05) is 32.4 Å². The van der Waals surface area contributed by atoms with Crippen LogP contribution in [0.4, 0.5) is 10.2 Å². The lowest BCUT2D eigenvalue weighted by molar-refractivity contribution is -0.137. The van der Waals surface area contributed by atoms with Gasteiger partial charge in [0.1, 0.15) is 0 Å². The van der Waals surface area contributed by atoms with Crippen LogP contribution < -0.4 is 4.90 Å². The third-order valence-electron chi connectivity index (χ3n) is 6.66. The molecule has 0 aromatic carbocycles. The van der Waals surface area contributed by atoms with Gasteiger partial charge >= 0.3 is 0 Å². The summed E-state index contributed by atoms with van der Waals surface area (Å²) in [7, 11) is 0. The molecule has 3 heterocycles. The number of hydrogen-bond acceptors (Lipinski definition) is 4. The fraction of sp³-hybridized carbons (Fsp3) is 0.700. The normalized spacial score (nSPS) is 28.8. The van der Waals surface area contributed by atoms with Crippen LogP contribution in [-0.2, 0) is 4.79 Å². The molecule has 1 aliphatic carbocycles. The van der Waals surface area contributed by atoms with Crippen molar-refractivity contribution in [2.24, 2.45) is 11.3 Å². The number of amides is 1. The summed E-state index contributed by atoms with van der Waals surface area (Å²) in [5.41, 5.74) is -0.254. The minimum absolute atomic E-state index is 0.150. The maximum Gasteiger partial charge on any atom is 0.229 e. The number of carbonyl (C=O) groups excluding carboxylic acids is 1. The molecule has 1 amide bonds. The first-order valence-electron chi connectivity index (χ1n) is 9.90. The largest absolute Gasteiger partial charge is 0.393 e. The predicted molar refractivity (Wildman–Crippen MR) is 97.2 cm³/mol. The number of pyridine rings is 1. The molecule has 0 atom stereocenters. The van der Waals surface area contributed by atoms with E-state index in [0.29, 0.717) is 30.7 Å². The van der Waals surface area contributed by atoms with Gasteiger partial charge in [0.05, 0.1) is 11.5 Å². The third kappa shape index (κ3) is 3.31. The maximum absolute atomic E-state index is 14.0. The Bertz CT molecular complexity index is 652. The van der Waals surface area contributed by atoms with Crippen LogP contribution in [0.15, 0.2) is 18.3 Å². The minimum atomic E-state index is -0.290. The van der Waals surface area contributed by atoms with Crippen LogP contribution in [0.1, 0.15) is 44.9 Å². The van der Waals surface area contributed by atoms with Crippen molar-refractivity contribution in [3.05, 3.63) is 24.1 Å². The van der Waals surface area contributed by atoms with E-state index in [2.05, 4.69) is 9.88 Å². The highest BCUT2D eigenvalue weighted by atomic mass is 19.1. The number of piperidine rings is 1. The van der Waals surface area contributed by atoms with Crippen molar-refractivity contribution in [3.8, 4) is 0 Å². The molecule has 2 saturated heterocycles. The number of aromatic nitrogens is 1. The van der Waals surface area contributed by atoms with Crippen LogP contribution in [-0.4, -0.2) is 53.2 Å². The van der Waals surface area contributed by atoms with Gasteiger partial charge in [-0.2, -0.15) is 0 Å². The Kier molecular flexibility index (Phi) is 4.86.